The lowest BCUT2D eigenvalue weighted by Gasteiger charge is -2.19. The van der Waals surface area contributed by atoms with Gasteiger partial charge in [-0.25, -0.2) is 0 Å². The van der Waals surface area contributed by atoms with E-state index in [4.69, 9.17) is 4.74 Å². The Kier molecular flexibility index (Phi) is 3.64. The van der Waals surface area contributed by atoms with E-state index in [-0.39, 0.29) is 11.9 Å². The van der Waals surface area contributed by atoms with Gasteiger partial charge < -0.3 is 15.0 Å². The summed E-state index contributed by atoms with van der Waals surface area (Å²) in [6, 6.07) is 7.58. The van der Waals surface area contributed by atoms with Crippen molar-refractivity contribution in [2.24, 2.45) is 0 Å². The van der Waals surface area contributed by atoms with Crippen LogP contribution in [0, 0.1) is 0 Å². The fourth-order valence-corrected chi connectivity index (χ4v) is 2.21. The van der Waals surface area contributed by atoms with Gasteiger partial charge in [-0.05, 0) is 25.1 Å². The first-order valence-corrected chi connectivity index (χ1v) is 5.95. The molecule has 92 valence electrons. The summed E-state index contributed by atoms with van der Waals surface area (Å²) in [5.41, 5.74) is 0.861. The van der Waals surface area contributed by atoms with Crippen LogP contribution in [0.4, 0.5) is 5.69 Å². The third kappa shape index (κ3) is 2.26. The van der Waals surface area contributed by atoms with Crippen molar-refractivity contribution in [3.63, 3.8) is 0 Å². The molecule has 1 atom stereocenters. The Balaban J connectivity index is 2.21. The predicted molar refractivity (Wildman–Crippen MR) is 67.4 cm³/mol. The molecule has 2 rings (SSSR count). The van der Waals surface area contributed by atoms with Gasteiger partial charge in [0.1, 0.15) is 5.75 Å². The molecule has 17 heavy (non-hydrogen) atoms. The van der Waals surface area contributed by atoms with Crippen LogP contribution in [0.25, 0.3) is 0 Å². The number of ether oxygens (including phenoxy) is 1. The first-order chi connectivity index (χ1) is 8.27. The summed E-state index contributed by atoms with van der Waals surface area (Å²) >= 11 is 0. The Morgan fingerprint density at radius 2 is 2.24 bits per heavy atom. The number of likely N-dealkylation sites (N-methyl/N-ethyl adjacent to an activating group) is 1. The molecule has 1 N–H and O–H groups in total. The number of hydrogen-bond acceptors (Lipinski definition) is 3. The van der Waals surface area contributed by atoms with E-state index in [1.807, 2.05) is 31.2 Å². The summed E-state index contributed by atoms with van der Waals surface area (Å²) < 4.78 is 5.29. The Morgan fingerprint density at radius 3 is 2.94 bits per heavy atom. The summed E-state index contributed by atoms with van der Waals surface area (Å²) in [6.45, 7) is 3.58. The van der Waals surface area contributed by atoms with Crippen LogP contribution in [-0.2, 0) is 4.79 Å². The lowest BCUT2D eigenvalue weighted by Crippen LogP contribution is -2.38. The smallest absolute Gasteiger partial charge is 0.244 e. The largest absolute Gasteiger partial charge is 0.495 e. The molecule has 4 nitrogen and oxygen atoms in total. The minimum absolute atomic E-state index is 0.0510. The van der Waals surface area contributed by atoms with Gasteiger partial charge in [-0.2, -0.15) is 0 Å². The van der Waals surface area contributed by atoms with Crippen molar-refractivity contribution in [1.29, 1.82) is 0 Å². The van der Waals surface area contributed by atoms with Gasteiger partial charge in [-0.3, -0.25) is 4.79 Å². The third-order valence-electron chi connectivity index (χ3n) is 3.03. The van der Waals surface area contributed by atoms with Crippen molar-refractivity contribution in [3.8, 4) is 5.75 Å². The molecule has 1 saturated heterocycles. The van der Waals surface area contributed by atoms with E-state index in [9.17, 15) is 4.79 Å². The van der Waals surface area contributed by atoms with E-state index in [2.05, 4.69) is 5.32 Å². The van der Waals surface area contributed by atoms with E-state index in [1.54, 1.807) is 12.0 Å². The fraction of sp³-hybridized carbons (Fsp3) is 0.462. The summed E-state index contributed by atoms with van der Waals surface area (Å²) in [4.78, 5) is 14.0. The van der Waals surface area contributed by atoms with Crippen molar-refractivity contribution in [1.82, 2.24) is 5.32 Å². The van der Waals surface area contributed by atoms with Crippen LogP contribution in [0.5, 0.6) is 5.75 Å². The lowest BCUT2D eigenvalue weighted by molar-refractivity contribution is -0.118. The van der Waals surface area contributed by atoms with Crippen molar-refractivity contribution in [2.75, 3.05) is 25.1 Å². The Labute approximate surface area is 102 Å². The zero-order valence-corrected chi connectivity index (χ0v) is 10.3. The van der Waals surface area contributed by atoms with Crippen LogP contribution >= 0.6 is 0 Å². The Bertz CT molecular complexity index is 406. The van der Waals surface area contributed by atoms with E-state index >= 15 is 0 Å². The zero-order valence-electron chi connectivity index (χ0n) is 10.3. The molecule has 0 bridgehead atoms. The standard InChI is InChI=1S/C13H18N2O2/c1-3-14-10-8-9-15(13(10)16)11-6-4-5-7-12(11)17-2/h4-7,10,14H,3,8-9H2,1-2H3. The molecule has 0 spiro atoms. The lowest BCUT2D eigenvalue weighted by atomic mass is 10.2. The van der Waals surface area contributed by atoms with Crippen molar-refractivity contribution < 1.29 is 9.53 Å². The van der Waals surface area contributed by atoms with Crippen LogP contribution in [0.15, 0.2) is 24.3 Å². The molecule has 1 fully saturated rings. The van der Waals surface area contributed by atoms with Gasteiger partial charge in [-0.15, -0.1) is 0 Å². The van der Waals surface area contributed by atoms with Crippen molar-refractivity contribution in [3.05, 3.63) is 24.3 Å². The van der Waals surface area contributed by atoms with Gasteiger partial charge in [0, 0.05) is 6.54 Å². The highest BCUT2D eigenvalue weighted by Gasteiger charge is 2.32. The monoisotopic (exact) mass is 234 g/mol. The van der Waals surface area contributed by atoms with Gasteiger partial charge in [0.2, 0.25) is 5.91 Å². The minimum atomic E-state index is -0.0510. The molecule has 4 heteroatoms. The molecule has 0 aliphatic carbocycles. The number of benzene rings is 1. The average Bonchev–Trinajstić information content (AvgIpc) is 2.72. The van der Waals surface area contributed by atoms with Gasteiger partial charge in [-0.1, -0.05) is 19.1 Å². The molecule has 1 unspecified atom stereocenters. The molecule has 0 aromatic heterocycles. The van der Waals surface area contributed by atoms with E-state index in [0.717, 1.165) is 30.9 Å². The van der Waals surface area contributed by atoms with Crippen molar-refractivity contribution in [2.45, 2.75) is 19.4 Å². The second-order valence-electron chi connectivity index (χ2n) is 4.06. The van der Waals surface area contributed by atoms with Crippen LogP contribution in [0.1, 0.15) is 13.3 Å². The molecule has 1 amide bonds. The highest BCUT2D eigenvalue weighted by molar-refractivity contribution is 6.00. The number of nitrogens with one attached hydrogen (secondary N) is 1. The minimum Gasteiger partial charge on any atom is -0.495 e. The quantitative estimate of drug-likeness (QED) is 0.856. The van der Waals surface area contributed by atoms with Gasteiger partial charge in [0.25, 0.3) is 0 Å². The second kappa shape index (κ2) is 5.19. The summed E-state index contributed by atoms with van der Waals surface area (Å²) in [5.74, 6) is 0.884. The molecule has 1 aromatic carbocycles. The summed E-state index contributed by atoms with van der Waals surface area (Å²) in [6.07, 6.45) is 0.852. The SMILES string of the molecule is CCNC1CCN(c2ccccc2OC)C1=O. The predicted octanol–water partition coefficient (Wildman–Crippen LogP) is 1.41. The topological polar surface area (TPSA) is 41.6 Å². The molecule has 1 aromatic rings. The van der Waals surface area contributed by atoms with Gasteiger partial charge >= 0.3 is 0 Å². The third-order valence-corrected chi connectivity index (χ3v) is 3.03. The molecule has 1 aliphatic heterocycles. The first kappa shape index (κ1) is 11.9. The zero-order chi connectivity index (χ0) is 12.3. The summed E-state index contributed by atoms with van der Waals surface area (Å²) in [5, 5.41) is 3.20. The molecule has 1 heterocycles. The van der Waals surface area contributed by atoms with E-state index in [1.165, 1.54) is 0 Å². The van der Waals surface area contributed by atoms with Gasteiger partial charge in [0.05, 0.1) is 18.8 Å². The Hall–Kier alpha value is -1.55. The number of amides is 1. The number of hydrogen-bond donors (Lipinski definition) is 1. The molecule has 0 saturated carbocycles. The molecular weight excluding hydrogens is 216 g/mol. The summed E-state index contributed by atoms with van der Waals surface area (Å²) in [7, 11) is 1.63. The van der Waals surface area contributed by atoms with E-state index < -0.39 is 0 Å². The first-order valence-electron chi connectivity index (χ1n) is 5.95. The number of carbonyl (C=O) groups is 1. The molecule has 1 aliphatic rings. The van der Waals surface area contributed by atoms with Crippen molar-refractivity contribution >= 4 is 11.6 Å². The number of methoxy groups -OCH3 is 1. The average molecular weight is 234 g/mol. The maximum atomic E-state index is 12.2. The van der Waals surface area contributed by atoms with Crippen LogP contribution in [0.3, 0.4) is 0 Å². The molecule has 0 radical (unpaired) electrons. The Morgan fingerprint density at radius 1 is 1.47 bits per heavy atom. The maximum Gasteiger partial charge on any atom is 0.244 e. The highest BCUT2D eigenvalue weighted by atomic mass is 16.5. The second-order valence-corrected chi connectivity index (χ2v) is 4.06. The van der Waals surface area contributed by atoms with E-state index in [0.29, 0.717) is 0 Å². The number of nitrogens with zero attached hydrogens (tertiary/aromatic N) is 1. The maximum absolute atomic E-state index is 12.2. The molecular formula is C13H18N2O2. The number of anilines is 1. The normalized spacial score (nSPS) is 19.8. The number of carbonyl (C=O) groups excluding carboxylic acids is 1. The van der Waals surface area contributed by atoms with Crippen LogP contribution in [0.2, 0.25) is 0 Å². The highest BCUT2D eigenvalue weighted by Crippen LogP contribution is 2.30. The number of para-hydroxylation sites is 2. The number of rotatable bonds is 4. The van der Waals surface area contributed by atoms with Crippen LogP contribution < -0.4 is 15.0 Å². The van der Waals surface area contributed by atoms with Gasteiger partial charge in [0.15, 0.2) is 0 Å². The fourth-order valence-electron chi connectivity index (χ4n) is 2.21. The van der Waals surface area contributed by atoms with Crippen LogP contribution in [-0.4, -0.2) is 32.1 Å².